The fraction of sp³-hybridized carbons (Fsp3) is 0. The first kappa shape index (κ1) is 15.1. The Labute approximate surface area is 139 Å². The lowest BCUT2D eigenvalue weighted by molar-refractivity contribution is 0.210. The third-order valence-corrected chi connectivity index (χ3v) is 3.48. The normalized spacial score (nSPS) is 10.1. The summed E-state index contributed by atoms with van der Waals surface area (Å²) in [5.41, 5.74) is 1.47. The van der Waals surface area contributed by atoms with Crippen LogP contribution in [-0.4, -0.2) is 6.09 Å². The molecule has 3 aromatic carbocycles. The smallest absolute Gasteiger partial charge is 0.410 e. The molecule has 0 aliphatic heterocycles. The average Bonchev–Trinajstić information content (AvgIpc) is 2.59. The van der Waals surface area contributed by atoms with Gasteiger partial charge in [0, 0.05) is 5.02 Å². The Balaban J connectivity index is 1.92. The van der Waals surface area contributed by atoms with Gasteiger partial charge in [-0.05, 0) is 48.5 Å². The van der Waals surface area contributed by atoms with E-state index < -0.39 is 6.09 Å². The molecule has 0 saturated carbocycles. The van der Waals surface area contributed by atoms with Gasteiger partial charge in [0.25, 0.3) is 0 Å². The number of anilines is 2. The first-order valence-corrected chi connectivity index (χ1v) is 7.49. The van der Waals surface area contributed by atoms with Crippen molar-refractivity contribution in [2.75, 3.05) is 4.90 Å². The molecule has 4 heteroatoms. The van der Waals surface area contributed by atoms with Gasteiger partial charge >= 0.3 is 6.09 Å². The molecule has 0 bridgehead atoms. The molecule has 0 unspecified atom stereocenters. The minimum atomic E-state index is -0.482. The van der Waals surface area contributed by atoms with Gasteiger partial charge in [-0.1, -0.05) is 48.0 Å². The number of nitrogens with zero attached hydrogens (tertiary/aromatic N) is 1. The van der Waals surface area contributed by atoms with Crippen LogP contribution < -0.4 is 9.64 Å². The second-order valence-corrected chi connectivity index (χ2v) is 5.26. The molecule has 1 amide bonds. The molecule has 0 N–H and O–H groups in total. The van der Waals surface area contributed by atoms with Crippen LogP contribution in [0.5, 0.6) is 5.75 Å². The highest BCUT2D eigenvalue weighted by Gasteiger charge is 2.19. The molecule has 0 heterocycles. The maximum atomic E-state index is 12.7. The van der Waals surface area contributed by atoms with Crippen LogP contribution in [0.4, 0.5) is 16.2 Å². The molecule has 3 rings (SSSR count). The molecule has 0 spiro atoms. The number of carbonyl (C=O) groups excluding carboxylic acids is 1. The number of amides is 1. The fourth-order valence-electron chi connectivity index (χ4n) is 2.16. The summed E-state index contributed by atoms with van der Waals surface area (Å²) >= 11 is 5.85. The van der Waals surface area contributed by atoms with Crippen LogP contribution in [0.3, 0.4) is 0 Å². The van der Waals surface area contributed by atoms with Crippen molar-refractivity contribution in [2.45, 2.75) is 0 Å². The number of rotatable bonds is 3. The Kier molecular flexibility index (Phi) is 4.60. The summed E-state index contributed by atoms with van der Waals surface area (Å²) in [6.45, 7) is 0. The van der Waals surface area contributed by atoms with Crippen LogP contribution in [0, 0.1) is 0 Å². The molecule has 0 saturated heterocycles. The van der Waals surface area contributed by atoms with Gasteiger partial charge in [-0.25, -0.2) is 9.69 Å². The minimum absolute atomic E-state index is 0.441. The van der Waals surface area contributed by atoms with Crippen molar-refractivity contribution < 1.29 is 9.53 Å². The van der Waals surface area contributed by atoms with Gasteiger partial charge in [-0.2, -0.15) is 0 Å². The van der Waals surface area contributed by atoms with E-state index in [1.807, 2.05) is 60.7 Å². The molecule has 23 heavy (non-hydrogen) atoms. The van der Waals surface area contributed by atoms with E-state index in [0.717, 1.165) is 11.4 Å². The summed E-state index contributed by atoms with van der Waals surface area (Å²) in [5.74, 6) is 0.441. The monoisotopic (exact) mass is 323 g/mol. The SMILES string of the molecule is O=C(Oc1ccc(Cl)cc1)N(c1ccccc1)c1ccccc1. The Bertz CT molecular complexity index is 734. The van der Waals surface area contributed by atoms with Crippen LogP contribution in [0.2, 0.25) is 5.02 Å². The van der Waals surface area contributed by atoms with Gasteiger partial charge in [0.05, 0.1) is 11.4 Å². The van der Waals surface area contributed by atoms with Crippen LogP contribution in [-0.2, 0) is 0 Å². The Morgan fingerprint density at radius 1 is 0.739 bits per heavy atom. The third-order valence-electron chi connectivity index (χ3n) is 3.23. The van der Waals surface area contributed by atoms with Crippen molar-refractivity contribution >= 4 is 29.1 Å². The second-order valence-electron chi connectivity index (χ2n) is 4.83. The van der Waals surface area contributed by atoms with Gasteiger partial charge in [-0.3, -0.25) is 0 Å². The maximum Gasteiger partial charge on any atom is 0.424 e. The molecular weight excluding hydrogens is 310 g/mol. The fourth-order valence-corrected chi connectivity index (χ4v) is 2.29. The standard InChI is InChI=1S/C19H14ClNO2/c20-15-11-13-18(14-12-15)23-19(22)21(16-7-3-1-4-8-16)17-9-5-2-6-10-17/h1-14H. The maximum absolute atomic E-state index is 12.7. The van der Waals surface area contributed by atoms with Crippen molar-refractivity contribution in [2.24, 2.45) is 0 Å². The van der Waals surface area contributed by atoms with Crippen LogP contribution >= 0.6 is 11.6 Å². The van der Waals surface area contributed by atoms with E-state index in [9.17, 15) is 4.79 Å². The number of hydrogen-bond donors (Lipinski definition) is 0. The Hall–Kier alpha value is -2.78. The van der Waals surface area contributed by atoms with Gasteiger partial charge in [0.15, 0.2) is 0 Å². The van der Waals surface area contributed by atoms with Crippen molar-refractivity contribution in [1.29, 1.82) is 0 Å². The van der Waals surface area contributed by atoms with E-state index in [2.05, 4.69) is 0 Å². The summed E-state index contributed by atoms with van der Waals surface area (Å²) in [4.78, 5) is 14.2. The van der Waals surface area contributed by atoms with Gasteiger partial charge in [0.1, 0.15) is 5.75 Å². The molecule has 0 aromatic heterocycles. The van der Waals surface area contributed by atoms with Gasteiger partial charge in [0.2, 0.25) is 0 Å². The number of carbonyl (C=O) groups is 1. The average molecular weight is 324 g/mol. The molecule has 0 radical (unpaired) electrons. The summed E-state index contributed by atoms with van der Waals surface area (Å²) in [6, 6.07) is 25.4. The summed E-state index contributed by atoms with van der Waals surface area (Å²) in [6.07, 6.45) is -0.482. The van der Waals surface area contributed by atoms with Gasteiger partial charge in [-0.15, -0.1) is 0 Å². The number of hydrogen-bond acceptors (Lipinski definition) is 2. The van der Waals surface area contributed by atoms with Crippen LogP contribution in [0.15, 0.2) is 84.9 Å². The molecule has 0 atom stereocenters. The van der Waals surface area contributed by atoms with E-state index in [1.54, 1.807) is 24.3 Å². The number of ether oxygens (including phenoxy) is 1. The minimum Gasteiger partial charge on any atom is -0.410 e. The Morgan fingerprint density at radius 3 is 1.70 bits per heavy atom. The van der Waals surface area contributed by atoms with E-state index in [0.29, 0.717) is 10.8 Å². The van der Waals surface area contributed by atoms with Crippen molar-refractivity contribution in [3.63, 3.8) is 0 Å². The highest BCUT2D eigenvalue weighted by atomic mass is 35.5. The first-order valence-electron chi connectivity index (χ1n) is 7.11. The quantitative estimate of drug-likeness (QED) is 0.620. The summed E-state index contributed by atoms with van der Waals surface area (Å²) < 4.78 is 5.47. The van der Waals surface area contributed by atoms with E-state index in [1.165, 1.54) is 4.90 Å². The molecule has 114 valence electrons. The van der Waals surface area contributed by atoms with Gasteiger partial charge < -0.3 is 4.74 Å². The second kappa shape index (κ2) is 6.99. The highest BCUT2D eigenvalue weighted by molar-refractivity contribution is 6.30. The van der Waals surface area contributed by atoms with E-state index in [-0.39, 0.29) is 0 Å². The topological polar surface area (TPSA) is 29.5 Å². The molecule has 0 aliphatic carbocycles. The lowest BCUT2D eigenvalue weighted by Gasteiger charge is -2.22. The zero-order chi connectivity index (χ0) is 16.1. The van der Waals surface area contributed by atoms with E-state index in [4.69, 9.17) is 16.3 Å². The number of benzene rings is 3. The molecule has 3 nitrogen and oxygen atoms in total. The molecular formula is C19H14ClNO2. The van der Waals surface area contributed by atoms with Crippen molar-refractivity contribution in [3.05, 3.63) is 90.0 Å². The number of para-hydroxylation sites is 2. The van der Waals surface area contributed by atoms with Crippen LogP contribution in [0.25, 0.3) is 0 Å². The third kappa shape index (κ3) is 3.71. The highest BCUT2D eigenvalue weighted by Crippen LogP contribution is 2.27. The summed E-state index contributed by atoms with van der Waals surface area (Å²) in [7, 11) is 0. The Morgan fingerprint density at radius 2 is 1.22 bits per heavy atom. The largest absolute Gasteiger partial charge is 0.424 e. The lowest BCUT2D eigenvalue weighted by Crippen LogP contribution is -2.29. The van der Waals surface area contributed by atoms with Crippen molar-refractivity contribution in [3.8, 4) is 5.75 Å². The molecule has 0 aliphatic rings. The zero-order valence-corrected chi connectivity index (χ0v) is 13.0. The predicted molar refractivity (Wildman–Crippen MR) is 92.5 cm³/mol. The van der Waals surface area contributed by atoms with Crippen molar-refractivity contribution in [1.82, 2.24) is 0 Å². The molecule has 3 aromatic rings. The number of halogens is 1. The lowest BCUT2D eigenvalue weighted by atomic mass is 10.2. The zero-order valence-electron chi connectivity index (χ0n) is 12.2. The first-order chi connectivity index (χ1) is 11.2. The molecule has 0 fully saturated rings. The summed E-state index contributed by atoms with van der Waals surface area (Å²) in [5, 5.41) is 0.591. The van der Waals surface area contributed by atoms with Crippen LogP contribution in [0.1, 0.15) is 0 Å². The predicted octanol–water partition coefficient (Wildman–Crippen LogP) is 5.68. The van der Waals surface area contributed by atoms with E-state index >= 15 is 0 Å².